The molecule has 0 radical (unpaired) electrons. The Bertz CT molecular complexity index is 622. The van der Waals surface area contributed by atoms with Gasteiger partial charge in [0.25, 0.3) is 0 Å². The van der Waals surface area contributed by atoms with Gasteiger partial charge in [0.2, 0.25) is 0 Å². The van der Waals surface area contributed by atoms with Crippen LogP contribution in [0.2, 0.25) is 0 Å². The van der Waals surface area contributed by atoms with E-state index in [9.17, 15) is 10.2 Å². The van der Waals surface area contributed by atoms with Crippen LogP contribution >= 0.6 is 0 Å². The quantitative estimate of drug-likeness (QED) is 0.754. The summed E-state index contributed by atoms with van der Waals surface area (Å²) >= 11 is 0. The molecule has 0 spiro atoms. The molecular weight excluding hydrogens is 280 g/mol. The first-order chi connectivity index (χ1) is 10.6. The summed E-state index contributed by atoms with van der Waals surface area (Å²) in [5.74, 6) is 0.903. The van der Waals surface area contributed by atoms with Crippen LogP contribution in [0.25, 0.3) is 11.4 Å². The fourth-order valence-electron chi connectivity index (χ4n) is 2.48. The fraction of sp³-hybridized carbons (Fsp3) is 0.500. The number of hydrogen-bond acceptors (Lipinski definition) is 5. The van der Waals surface area contributed by atoms with Crippen molar-refractivity contribution >= 4 is 0 Å². The molecule has 1 fully saturated rings. The Morgan fingerprint density at radius 3 is 2.86 bits per heavy atom. The summed E-state index contributed by atoms with van der Waals surface area (Å²) in [7, 11) is 2.16. The number of pyridine rings is 1. The van der Waals surface area contributed by atoms with Crippen LogP contribution in [-0.2, 0) is 6.54 Å². The van der Waals surface area contributed by atoms with E-state index in [4.69, 9.17) is 0 Å². The van der Waals surface area contributed by atoms with Gasteiger partial charge in [-0.1, -0.05) is 0 Å². The summed E-state index contributed by atoms with van der Waals surface area (Å²) in [4.78, 5) is 11.0. The van der Waals surface area contributed by atoms with E-state index in [-0.39, 0.29) is 0 Å². The second-order valence-corrected chi connectivity index (χ2v) is 6.05. The van der Waals surface area contributed by atoms with Crippen LogP contribution in [0.1, 0.15) is 24.7 Å². The molecule has 0 amide bonds. The summed E-state index contributed by atoms with van der Waals surface area (Å²) in [6.07, 6.45) is 6.56. The van der Waals surface area contributed by atoms with E-state index in [0.29, 0.717) is 11.3 Å². The van der Waals surface area contributed by atoms with Crippen LogP contribution in [-0.4, -0.2) is 49.8 Å². The predicted molar refractivity (Wildman–Crippen MR) is 82.9 cm³/mol. The molecule has 2 aromatic rings. The average molecular weight is 302 g/mol. The fourth-order valence-corrected chi connectivity index (χ4v) is 2.48. The first-order valence-corrected chi connectivity index (χ1v) is 7.64. The maximum absolute atomic E-state index is 9.22. The molecule has 0 saturated heterocycles. The van der Waals surface area contributed by atoms with Crippen molar-refractivity contribution in [3.63, 3.8) is 0 Å². The van der Waals surface area contributed by atoms with E-state index in [2.05, 4.69) is 21.9 Å². The van der Waals surface area contributed by atoms with Crippen LogP contribution in [0, 0.1) is 5.92 Å². The molecule has 2 heterocycles. The zero-order chi connectivity index (χ0) is 15.5. The van der Waals surface area contributed by atoms with Crippen LogP contribution in [0.4, 0.5) is 0 Å². The van der Waals surface area contributed by atoms with Gasteiger partial charge in [-0.05, 0) is 37.9 Å². The average Bonchev–Trinajstić information content (AvgIpc) is 3.19. The molecule has 0 unspecified atom stereocenters. The number of aliphatic hydroxyl groups excluding tert-OH is 1. The minimum atomic E-state index is -1.49. The van der Waals surface area contributed by atoms with Crippen molar-refractivity contribution in [2.75, 3.05) is 20.1 Å². The molecule has 0 aliphatic heterocycles. The van der Waals surface area contributed by atoms with E-state index in [1.54, 1.807) is 24.7 Å². The van der Waals surface area contributed by atoms with E-state index in [1.165, 1.54) is 19.4 Å². The van der Waals surface area contributed by atoms with Crippen LogP contribution in [0.5, 0.6) is 0 Å². The highest BCUT2D eigenvalue weighted by Crippen LogP contribution is 2.29. The molecule has 2 aromatic heterocycles. The Hall–Kier alpha value is -1.76. The second-order valence-electron chi connectivity index (χ2n) is 6.05. The van der Waals surface area contributed by atoms with Gasteiger partial charge in [0.15, 0.2) is 6.29 Å². The number of imidazole rings is 1. The highest BCUT2D eigenvalue weighted by molar-refractivity contribution is 5.53. The van der Waals surface area contributed by atoms with Crippen LogP contribution in [0.3, 0.4) is 0 Å². The van der Waals surface area contributed by atoms with E-state index in [1.807, 2.05) is 10.8 Å². The molecule has 118 valence electrons. The third kappa shape index (κ3) is 3.91. The van der Waals surface area contributed by atoms with Crippen molar-refractivity contribution < 1.29 is 10.2 Å². The third-order valence-corrected chi connectivity index (χ3v) is 3.98. The largest absolute Gasteiger partial charge is 0.364 e. The summed E-state index contributed by atoms with van der Waals surface area (Å²) in [6, 6.07) is 3.23. The summed E-state index contributed by atoms with van der Waals surface area (Å²) < 4.78 is 2.04. The van der Waals surface area contributed by atoms with E-state index < -0.39 is 6.29 Å². The second kappa shape index (κ2) is 6.56. The smallest absolute Gasteiger partial charge is 0.178 e. The van der Waals surface area contributed by atoms with Crippen LogP contribution < -0.4 is 0 Å². The van der Waals surface area contributed by atoms with Gasteiger partial charge in [0.1, 0.15) is 5.69 Å². The maximum atomic E-state index is 9.22. The number of nitrogens with zero attached hydrogens (tertiary/aromatic N) is 4. The minimum absolute atomic E-state index is 0.420. The SMILES string of the molecule is CN(CCn1cnc(-c2cc(C(O)O)ccn2)c1)CC1CC1. The molecule has 1 aliphatic carbocycles. The molecule has 6 heteroatoms. The van der Waals surface area contributed by atoms with Crippen molar-refractivity contribution in [2.24, 2.45) is 5.92 Å². The van der Waals surface area contributed by atoms with E-state index in [0.717, 1.165) is 24.7 Å². The van der Waals surface area contributed by atoms with Gasteiger partial charge in [-0.2, -0.15) is 0 Å². The highest BCUT2D eigenvalue weighted by atomic mass is 16.5. The minimum Gasteiger partial charge on any atom is -0.364 e. The molecule has 6 nitrogen and oxygen atoms in total. The monoisotopic (exact) mass is 302 g/mol. The molecule has 0 aromatic carbocycles. The first kappa shape index (κ1) is 15.1. The first-order valence-electron chi connectivity index (χ1n) is 7.64. The zero-order valence-corrected chi connectivity index (χ0v) is 12.8. The number of likely N-dealkylation sites (N-methyl/N-ethyl adjacent to an activating group) is 1. The number of rotatable bonds is 7. The van der Waals surface area contributed by atoms with Gasteiger partial charge in [0, 0.05) is 37.6 Å². The zero-order valence-electron chi connectivity index (χ0n) is 12.8. The highest BCUT2D eigenvalue weighted by Gasteiger charge is 2.22. The van der Waals surface area contributed by atoms with E-state index >= 15 is 0 Å². The lowest BCUT2D eigenvalue weighted by molar-refractivity contribution is -0.0425. The van der Waals surface area contributed by atoms with Gasteiger partial charge in [-0.3, -0.25) is 4.98 Å². The normalized spacial score (nSPS) is 15.0. The maximum Gasteiger partial charge on any atom is 0.178 e. The molecule has 1 saturated carbocycles. The van der Waals surface area contributed by atoms with Gasteiger partial charge in [-0.25, -0.2) is 4.98 Å². The molecule has 0 atom stereocenters. The Morgan fingerprint density at radius 1 is 1.32 bits per heavy atom. The number of aromatic nitrogens is 3. The molecule has 1 aliphatic rings. The predicted octanol–water partition coefficient (Wildman–Crippen LogP) is 1.27. The number of hydrogen-bond donors (Lipinski definition) is 2. The van der Waals surface area contributed by atoms with Crippen molar-refractivity contribution in [3.05, 3.63) is 36.4 Å². The molecule has 2 N–H and O–H groups in total. The lowest BCUT2D eigenvalue weighted by Gasteiger charge is -2.15. The summed E-state index contributed by atoms with van der Waals surface area (Å²) in [5, 5.41) is 18.4. The number of aliphatic hydroxyl groups is 2. The summed E-state index contributed by atoms with van der Waals surface area (Å²) in [5.41, 5.74) is 1.81. The Labute approximate surface area is 130 Å². The Kier molecular flexibility index (Phi) is 4.52. The Morgan fingerprint density at radius 2 is 2.14 bits per heavy atom. The van der Waals surface area contributed by atoms with Crippen molar-refractivity contribution in [1.29, 1.82) is 0 Å². The molecule has 22 heavy (non-hydrogen) atoms. The summed E-state index contributed by atoms with van der Waals surface area (Å²) in [6.45, 7) is 3.06. The van der Waals surface area contributed by atoms with Crippen LogP contribution in [0.15, 0.2) is 30.9 Å². The molecule has 3 rings (SSSR count). The van der Waals surface area contributed by atoms with Crippen molar-refractivity contribution in [2.45, 2.75) is 25.7 Å². The Balaban J connectivity index is 1.61. The topological polar surface area (TPSA) is 74.4 Å². The van der Waals surface area contributed by atoms with Crippen molar-refractivity contribution in [3.8, 4) is 11.4 Å². The standard InChI is InChI=1S/C16H22N4O2/c1-19(9-12-2-3-12)6-7-20-10-15(18-11-20)14-8-13(16(21)22)4-5-17-14/h4-5,8,10-12,16,21-22H,2-3,6-7,9H2,1H3. The van der Waals surface area contributed by atoms with Gasteiger partial charge < -0.3 is 19.7 Å². The van der Waals surface area contributed by atoms with Crippen molar-refractivity contribution in [1.82, 2.24) is 19.4 Å². The third-order valence-electron chi connectivity index (χ3n) is 3.98. The lowest BCUT2D eigenvalue weighted by Crippen LogP contribution is -2.25. The van der Waals surface area contributed by atoms with Gasteiger partial charge in [0.05, 0.1) is 12.0 Å². The lowest BCUT2D eigenvalue weighted by atomic mass is 10.2. The van der Waals surface area contributed by atoms with Gasteiger partial charge in [-0.15, -0.1) is 0 Å². The van der Waals surface area contributed by atoms with Gasteiger partial charge >= 0.3 is 0 Å². The molecular formula is C16H22N4O2. The molecule has 0 bridgehead atoms.